The van der Waals surface area contributed by atoms with Gasteiger partial charge in [0.25, 0.3) is 0 Å². The van der Waals surface area contributed by atoms with E-state index in [1.165, 1.54) is 83.5 Å². The summed E-state index contributed by atoms with van der Waals surface area (Å²) in [7, 11) is 6.07. The first-order chi connectivity index (χ1) is 34.8. The van der Waals surface area contributed by atoms with Crippen molar-refractivity contribution in [1.29, 1.82) is 0 Å². The number of unbranched alkanes of at least 4 members (excludes halogenated alkanes) is 14. The van der Waals surface area contributed by atoms with E-state index in [2.05, 4.69) is 147 Å². The number of benzene rings is 1. The Labute approximate surface area is 475 Å². The molecule has 9 rings (SSSR count). The predicted molar refractivity (Wildman–Crippen MR) is 290 cm³/mol. The predicted octanol–water partition coefficient (Wildman–Crippen LogP) is 4.26. The second-order valence-corrected chi connectivity index (χ2v) is 19.4. The molecular weight excluding hydrogens is 1040 g/mol. The van der Waals surface area contributed by atoms with Gasteiger partial charge in [-0.05, 0) is 87.4 Å². The first kappa shape index (κ1) is 60.1. The summed E-state index contributed by atoms with van der Waals surface area (Å²) in [5.74, 6) is 0.0563. The maximum Gasteiger partial charge on any atom is 2.00 e. The Kier molecular flexibility index (Phi) is 23.6. The summed E-state index contributed by atoms with van der Waals surface area (Å²) < 4.78 is 6.10. The molecule has 2 aliphatic heterocycles. The number of amides is 1. The van der Waals surface area contributed by atoms with Crippen LogP contribution in [0.25, 0.3) is 90.9 Å². The Hall–Kier alpha value is -5.77. The normalized spacial score (nSPS) is 11.3. The van der Waals surface area contributed by atoms with E-state index in [1.54, 1.807) is 0 Å². The van der Waals surface area contributed by atoms with Crippen LogP contribution in [0.15, 0.2) is 122 Å². The monoisotopic (exact) mass is 1110 g/mol. The zero-order valence-electron chi connectivity index (χ0n) is 44.0. The smallest absolute Gasteiger partial charge is 1.00 e. The number of fused-ring (bicyclic) bond motifs is 8. The van der Waals surface area contributed by atoms with Crippen molar-refractivity contribution in [2.75, 3.05) is 5.32 Å². The maximum atomic E-state index is 13.2. The number of nitrogens with zero attached hydrogens (tertiary/aromatic N) is 7. The molecule has 7 aromatic rings. The molecule has 1 amide bonds. The van der Waals surface area contributed by atoms with Crippen LogP contribution >= 0.6 is 0 Å². The summed E-state index contributed by atoms with van der Waals surface area (Å²) >= 11 is 0. The molecule has 0 radical (unpaired) electrons. The van der Waals surface area contributed by atoms with Crippen molar-refractivity contribution in [1.82, 2.24) is 19.9 Å². The zero-order valence-corrected chi connectivity index (χ0v) is 49.3. The van der Waals surface area contributed by atoms with Crippen LogP contribution in [0.4, 0.5) is 5.69 Å². The van der Waals surface area contributed by atoms with Crippen LogP contribution in [0.2, 0.25) is 0 Å². The van der Waals surface area contributed by atoms with Crippen LogP contribution in [-0.4, -0.2) is 15.9 Å². The summed E-state index contributed by atoms with van der Waals surface area (Å²) in [6, 6.07) is 29.2. The third-order valence-electron chi connectivity index (χ3n) is 13.9. The molecule has 0 aliphatic carbocycles. The van der Waals surface area contributed by atoms with Crippen LogP contribution in [0, 0.1) is 0 Å². The number of rotatable bonds is 21. The average molecular weight is 1110 g/mol. The molecule has 6 aromatic heterocycles. The maximum absolute atomic E-state index is 13.2. The number of nitrogens with one attached hydrogen (secondary N) is 1. The van der Waals surface area contributed by atoms with Crippen LogP contribution in [-0.2, 0) is 45.4 Å². The molecule has 0 saturated carbocycles. The first-order valence-electron chi connectivity index (χ1n) is 26.1. The molecule has 0 spiro atoms. The summed E-state index contributed by atoms with van der Waals surface area (Å²) in [4.78, 5) is 34.8. The molecule has 8 bridgehead atoms. The molecule has 1 N–H and O–H groups in total. The van der Waals surface area contributed by atoms with Gasteiger partial charge >= 0.3 is 19.5 Å². The summed E-state index contributed by atoms with van der Waals surface area (Å²) in [5.41, 5.74) is 15.0. The Balaban J connectivity index is 0.00000260. The van der Waals surface area contributed by atoms with Crippen LogP contribution in [0.3, 0.4) is 0 Å². The third kappa shape index (κ3) is 15.4. The van der Waals surface area contributed by atoms with Gasteiger partial charge in [0.05, 0.1) is 22.8 Å². The molecule has 8 heterocycles. The van der Waals surface area contributed by atoms with Gasteiger partial charge in [-0.3, -0.25) is 4.79 Å². The molecule has 0 saturated heterocycles. The fraction of sp³-hybridized carbons (Fsp3) is 0.323. The number of aryl methyl sites for hydroxylation is 3. The van der Waals surface area contributed by atoms with E-state index in [0.717, 1.165) is 108 Å². The summed E-state index contributed by atoms with van der Waals surface area (Å²) in [6.07, 6.45) is 40.8. The number of anilines is 1. The second-order valence-electron chi connectivity index (χ2n) is 19.4. The molecule has 0 unspecified atom stereocenters. The summed E-state index contributed by atoms with van der Waals surface area (Å²) in [6.45, 7) is 2.28. The van der Waals surface area contributed by atoms with Gasteiger partial charge in [0.15, 0.2) is 37.2 Å². The van der Waals surface area contributed by atoms with E-state index < -0.39 is 0 Å². The molecular formula is C62H69Cl3N8OZn. The Bertz CT molecular complexity index is 3140. The van der Waals surface area contributed by atoms with Gasteiger partial charge < -0.3 is 52.5 Å². The number of aromatic nitrogens is 7. The van der Waals surface area contributed by atoms with E-state index in [9.17, 15) is 4.79 Å². The Morgan fingerprint density at radius 1 is 0.413 bits per heavy atom. The van der Waals surface area contributed by atoms with Crippen molar-refractivity contribution in [3.8, 4) is 44.5 Å². The molecule has 0 fully saturated rings. The minimum Gasteiger partial charge on any atom is -1.00 e. The fourth-order valence-electron chi connectivity index (χ4n) is 9.87. The zero-order chi connectivity index (χ0) is 48.9. The van der Waals surface area contributed by atoms with Gasteiger partial charge in [0.1, 0.15) is 21.1 Å². The van der Waals surface area contributed by atoms with E-state index >= 15 is 0 Å². The molecule has 0 atom stereocenters. The summed E-state index contributed by atoms with van der Waals surface area (Å²) in [5, 5.41) is 3.17. The van der Waals surface area contributed by atoms with E-state index in [4.69, 9.17) is 19.9 Å². The van der Waals surface area contributed by atoms with E-state index in [-0.39, 0.29) is 62.6 Å². The number of pyridine rings is 3. The largest absolute Gasteiger partial charge is 2.00 e. The quantitative estimate of drug-likeness (QED) is 0.0661. The van der Waals surface area contributed by atoms with Crippen molar-refractivity contribution in [3.63, 3.8) is 0 Å². The standard InChI is InChI=1S/C62H68N8O.3ClH.Zn/c1-5-6-7-8-9-10-11-12-13-14-15-16-17-18-19-20-58(71)63-49-23-21-45(22-24-49)59-50-25-27-52(64-50)60(46-33-39-68(2)40-34-46)54-29-31-56(66-54)62(48-37-43-70(4)44-38-48)57-32-30-55(67-57)61(53-28-26-51(59)65-53)47-35-41-69(3)42-36-47;;;;/h21-44H,5-20H2,1-4H3;3*1H;/q;;;;+2/p-2. The molecule has 13 heteroatoms. The third-order valence-corrected chi connectivity index (χ3v) is 13.9. The van der Waals surface area contributed by atoms with Crippen LogP contribution < -0.4 is 66.2 Å². The van der Waals surface area contributed by atoms with Gasteiger partial charge in [-0.2, -0.15) is 0 Å². The first-order valence-corrected chi connectivity index (χ1v) is 26.1. The molecule has 386 valence electrons. The van der Waals surface area contributed by atoms with Crippen molar-refractivity contribution in [2.45, 2.75) is 110 Å². The average Bonchev–Trinajstić information content (AvgIpc) is 4.24. The van der Waals surface area contributed by atoms with E-state index in [1.807, 2.05) is 47.0 Å². The van der Waals surface area contributed by atoms with Crippen molar-refractivity contribution >= 4 is 58.0 Å². The van der Waals surface area contributed by atoms with Crippen molar-refractivity contribution < 1.29 is 75.2 Å². The van der Waals surface area contributed by atoms with Gasteiger partial charge in [0.2, 0.25) is 5.91 Å². The molecule has 2 aliphatic rings. The minimum atomic E-state index is 0. The van der Waals surface area contributed by atoms with Gasteiger partial charge in [-0.1, -0.05) is 133 Å². The van der Waals surface area contributed by atoms with Gasteiger partial charge in [0, 0.05) is 48.5 Å². The topological polar surface area (TPSA) is 94.7 Å². The second kappa shape index (κ2) is 29.5. The van der Waals surface area contributed by atoms with Crippen molar-refractivity contribution in [3.05, 3.63) is 145 Å². The number of carbonyl (C=O) groups is 1. The Morgan fingerprint density at radius 3 is 1.00 bits per heavy atom. The van der Waals surface area contributed by atoms with Crippen LogP contribution in [0.5, 0.6) is 0 Å². The number of hydrogen-bond acceptors (Lipinski definition) is 3. The van der Waals surface area contributed by atoms with Crippen molar-refractivity contribution in [2.24, 2.45) is 21.1 Å². The minimum absolute atomic E-state index is 0. The Morgan fingerprint density at radius 2 is 0.693 bits per heavy atom. The SMILES string of the molecule is CCCCCCCCCCCCCCCCCC(=O)Nc1ccc(-c2c3nc(c(-c4cc[n+](C)cc4)c4ccc([n-]4)c(-c4cc[n+](C)cc4)c4nc(c(-c5cc[n+](C)cc5)c5ccc2[n-]5)C=C4)C=C3)cc1.[Cl-].[Cl-].[Cl-].[Zn+2]. The van der Waals surface area contributed by atoms with Crippen LogP contribution in [0.1, 0.15) is 132 Å². The van der Waals surface area contributed by atoms with Gasteiger partial charge in [-0.15, -0.1) is 22.1 Å². The van der Waals surface area contributed by atoms with E-state index in [0.29, 0.717) is 6.42 Å². The fourth-order valence-corrected chi connectivity index (χ4v) is 9.87. The van der Waals surface area contributed by atoms with Gasteiger partial charge in [-0.25, -0.2) is 23.7 Å². The number of halogens is 3. The number of hydrogen-bond donors (Lipinski definition) is 1. The molecule has 1 aromatic carbocycles. The number of carbonyl (C=O) groups excluding carboxylic acids is 1. The molecule has 9 nitrogen and oxygen atoms in total. The molecule has 75 heavy (non-hydrogen) atoms.